The number of hydrogen-bond acceptors (Lipinski definition) is 7. The fourth-order valence-electron chi connectivity index (χ4n) is 2.86. The Kier molecular flexibility index (Phi) is 12.6. The third kappa shape index (κ3) is 16.3. The van der Waals surface area contributed by atoms with Crippen LogP contribution in [0.5, 0.6) is 0 Å². The first kappa shape index (κ1) is 31.7. The molecule has 0 aliphatic heterocycles. The molecular weight excluding hydrogens is 440 g/mol. The van der Waals surface area contributed by atoms with Crippen LogP contribution in [0.2, 0.25) is 0 Å². The van der Waals surface area contributed by atoms with Crippen molar-refractivity contribution in [2.24, 2.45) is 0 Å². The summed E-state index contributed by atoms with van der Waals surface area (Å²) < 4.78 is 16.1. The van der Waals surface area contributed by atoms with Gasteiger partial charge in [0.05, 0.1) is 0 Å². The van der Waals surface area contributed by atoms with Gasteiger partial charge in [-0.3, -0.25) is 4.79 Å². The third-order valence-corrected chi connectivity index (χ3v) is 4.15. The minimum absolute atomic E-state index is 0.00974. The molecule has 34 heavy (non-hydrogen) atoms. The van der Waals surface area contributed by atoms with Crippen molar-refractivity contribution in [1.29, 1.82) is 0 Å². The Hall–Kier alpha value is -2.32. The van der Waals surface area contributed by atoms with E-state index in [0.717, 1.165) is 19.3 Å². The number of hydrogen-bond donors (Lipinski definition) is 2. The molecule has 0 aromatic rings. The van der Waals surface area contributed by atoms with Crippen LogP contribution >= 0.6 is 0 Å². The second-order valence-corrected chi connectivity index (χ2v) is 11.4. The SMILES string of the molecule is CCCCC[C@@H](NC(=O)N[C@@H](CCC(=O)OC(C)(C)C)C(=O)OC(C)(C)C)C(=O)OC(C)(C)C. The minimum atomic E-state index is -1.10. The Bertz CT molecular complexity index is 685. The average Bonchev–Trinajstić information content (AvgIpc) is 2.60. The van der Waals surface area contributed by atoms with Gasteiger partial charge < -0.3 is 24.8 Å². The molecule has 0 rings (SSSR count). The molecule has 9 heteroatoms. The van der Waals surface area contributed by atoms with Gasteiger partial charge in [-0.1, -0.05) is 26.2 Å². The highest BCUT2D eigenvalue weighted by atomic mass is 16.6. The van der Waals surface area contributed by atoms with E-state index in [0.29, 0.717) is 6.42 Å². The van der Waals surface area contributed by atoms with Gasteiger partial charge in [0, 0.05) is 6.42 Å². The van der Waals surface area contributed by atoms with Crippen LogP contribution in [0.1, 0.15) is 108 Å². The predicted molar refractivity (Wildman–Crippen MR) is 130 cm³/mol. The normalized spacial score (nSPS) is 13.9. The van der Waals surface area contributed by atoms with Gasteiger partial charge in [-0.25, -0.2) is 14.4 Å². The second-order valence-electron chi connectivity index (χ2n) is 11.4. The molecule has 0 fully saturated rings. The largest absolute Gasteiger partial charge is 0.460 e. The van der Waals surface area contributed by atoms with Crippen molar-refractivity contribution in [3.8, 4) is 0 Å². The van der Waals surface area contributed by atoms with Crippen molar-refractivity contribution in [3.05, 3.63) is 0 Å². The van der Waals surface area contributed by atoms with Gasteiger partial charge in [-0.15, -0.1) is 0 Å². The lowest BCUT2D eigenvalue weighted by Crippen LogP contribution is -2.53. The van der Waals surface area contributed by atoms with Gasteiger partial charge in [0.15, 0.2) is 0 Å². The number of nitrogens with one attached hydrogen (secondary N) is 2. The van der Waals surface area contributed by atoms with Crippen LogP contribution < -0.4 is 10.6 Å². The van der Waals surface area contributed by atoms with E-state index in [4.69, 9.17) is 14.2 Å². The lowest BCUT2D eigenvalue weighted by atomic mass is 10.1. The number of amides is 2. The van der Waals surface area contributed by atoms with Crippen molar-refractivity contribution in [1.82, 2.24) is 10.6 Å². The van der Waals surface area contributed by atoms with Crippen LogP contribution in [0, 0.1) is 0 Å². The molecule has 2 N–H and O–H groups in total. The van der Waals surface area contributed by atoms with Gasteiger partial charge in [-0.2, -0.15) is 0 Å². The highest BCUT2D eigenvalue weighted by Crippen LogP contribution is 2.15. The molecule has 0 aromatic heterocycles. The number of rotatable bonds is 11. The van der Waals surface area contributed by atoms with Crippen molar-refractivity contribution in [2.75, 3.05) is 0 Å². The van der Waals surface area contributed by atoms with Crippen LogP contribution in [-0.4, -0.2) is 52.8 Å². The first-order valence-corrected chi connectivity index (χ1v) is 12.1. The Labute approximate surface area is 205 Å². The van der Waals surface area contributed by atoms with Crippen LogP contribution in [-0.2, 0) is 28.6 Å². The van der Waals surface area contributed by atoms with E-state index >= 15 is 0 Å². The van der Waals surface area contributed by atoms with Crippen LogP contribution in [0.3, 0.4) is 0 Å². The molecule has 0 aromatic carbocycles. The van der Waals surface area contributed by atoms with E-state index < -0.39 is 52.8 Å². The molecule has 198 valence electrons. The molecule has 0 heterocycles. The minimum Gasteiger partial charge on any atom is -0.460 e. The van der Waals surface area contributed by atoms with Gasteiger partial charge in [-0.05, 0) is 75.2 Å². The van der Waals surface area contributed by atoms with E-state index in [9.17, 15) is 19.2 Å². The molecule has 0 unspecified atom stereocenters. The zero-order valence-electron chi connectivity index (χ0n) is 22.8. The monoisotopic (exact) mass is 486 g/mol. The number of carbonyl (C=O) groups excluding carboxylic acids is 4. The van der Waals surface area contributed by atoms with Crippen molar-refractivity contribution >= 4 is 23.9 Å². The topological polar surface area (TPSA) is 120 Å². The summed E-state index contributed by atoms with van der Waals surface area (Å²) in [6, 6.07) is -2.68. The molecule has 0 radical (unpaired) electrons. The summed E-state index contributed by atoms with van der Waals surface area (Å²) in [5.41, 5.74) is -2.15. The highest BCUT2D eigenvalue weighted by Gasteiger charge is 2.31. The summed E-state index contributed by atoms with van der Waals surface area (Å²) in [6.07, 6.45) is 2.90. The van der Waals surface area contributed by atoms with E-state index in [1.807, 2.05) is 6.92 Å². The summed E-state index contributed by atoms with van der Waals surface area (Å²) in [6.45, 7) is 17.7. The molecule has 0 saturated heterocycles. The molecule has 2 atom stereocenters. The number of ether oxygens (including phenoxy) is 3. The first-order valence-electron chi connectivity index (χ1n) is 12.1. The quantitative estimate of drug-likeness (QED) is 0.252. The number of unbranched alkanes of at least 4 members (excludes halogenated alkanes) is 2. The summed E-state index contributed by atoms with van der Waals surface area (Å²) in [7, 11) is 0. The Morgan fingerprint density at radius 2 is 1.06 bits per heavy atom. The maximum absolute atomic E-state index is 12.8. The maximum atomic E-state index is 12.8. The van der Waals surface area contributed by atoms with Crippen LogP contribution in [0.15, 0.2) is 0 Å². The van der Waals surface area contributed by atoms with Crippen molar-refractivity contribution in [2.45, 2.75) is 137 Å². The van der Waals surface area contributed by atoms with Crippen molar-refractivity contribution < 1.29 is 33.4 Å². The maximum Gasteiger partial charge on any atom is 0.329 e. The molecule has 0 aliphatic carbocycles. The van der Waals surface area contributed by atoms with E-state index in [1.165, 1.54) is 0 Å². The first-order chi connectivity index (χ1) is 15.3. The fraction of sp³-hybridized carbons (Fsp3) is 0.840. The molecule has 2 amide bonds. The molecule has 0 aliphatic rings. The lowest BCUT2D eigenvalue weighted by Gasteiger charge is -2.27. The van der Waals surface area contributed by atoms with Gasteiger partial charge in [0.25, 0.3) is 0 Å². The van der Waals surface area contributed by atoms with E-state index in [1.54, 1.807) is 62.3 Å². The smallest absolute Gasteiger partial charge is 0.329 e. The van der Waals surface area contributed by atoms with Crippen LogP contribution in [0.4, 0.5) is 4.79 Å². The number of carbonyl (C=O) groups is 4. The average molecular weight is 487 g/mol. The second kappa shape index (κ2) is 13.5. The van der Waals surface area contributed by atoms with Gasteiger partial charge in [0.1, 0.15) is 28.9 Å². The summed E-state index contributed by atoms with van der Waals surface area (Å²) in [5, 5.41) is 5.18. The Morgan fingerprint density at radius 1 is 0.647 bits per heavy atom. The molecule has 0 saturated carbocycles. The molecular formula is C25H46N2O7. The van der Waals surface area contributed by atoms with Crippen LogP contribution in [0.25, 0.3) is 0 Å². The molecule has 9 nitrogen and oxygen atoms in total. The predicted octanol–water partition coefficient (Wildman–Crippen LogP) is 4.41. The van der Waals surface area contributed by atoms with Gasteiger partial charge >= 0.3 is 23.9 Å². The number of esters is 3. The standard InChI is InChI=1S/C25H46N2O7/c1-11-12-13-14-17(20(29)33-24(5,6)7)26-22(31)27-18(21(30)34-25(8,9)10)15-16-19(28)32-23(2,3)4/h17-18H,11-16H2,1-10H3,(H2,26,27,31)/t17-,18+/m1/s1. The van der Waals surface area contributed by atoms with Gasteiger partial charge in [0.2, 0.25) is 0 Å². The third-order valence-electron chi connectivity index (χ3n) is 4.15. The Morgan fingerprint density at radius 3 is 1.44 bits per heavy atom. The summed E-state index contributed by atoms with van der Waals surface area (Å²) in [5.74, 6) is -1.71. The zero-order chi connectivity index (χ0) is 26.7. The fourth-order valence-corrected chi connectivity index (χ4v) is 2.86. The lowest BCUT2D eigenvalue weighted by molar-refractivity contribution is -0.159. The summed E-state index contributed by atoms with van der Waals surface area (Å²) >= 11 is 0. The molecule has 0 spiro atoms. The van der Waals surface area contributed by atoms with E-state index in [2.05, 4.69) is 10.6 Å². The summed E-state index contributed by atoms with van der Waals surface area (Å²) in [4.78, 5) is 50.2. The zero-order valence-corrected chi connectivity index (χ0v) is 22.8. The van der Waals surface area contributed by atoms with Crippen molar-refractivity contribution in [3.63, 3.8) is 0 Å². The molecule has 0 bridgehead atoms. The highest BCUT2D eigenvalue weighted by molar-refractivity contribution is 5.87. The Balaban J connectivity index is 5.37. The van der Waals surface area contributed by atoms with E-state index in [-0.39, 0.29) is 12.8 Å². The number of urea groups is 1.